The summed E-state index contributed by atoms with van der Waals surface area (Å²) in [6, 6.07) is 7.65. The van der Waals surface area contributed by atoms with Crippen LogP contribution < -0.4 is 10.0 Å². The third-order valence-corrected chi connectivity index (χ3v) is 4.01. The van der Waals surface area contributed by atoms with E-state index >= 15 is 0 Å². The zero-order valence-electron chi connectivity index (χ0n) is 10.5. The molecule has 0 aliphatic carbocycles. The average molecular weight is 256 g/mol. The largest absolute Gasteiger partial charge is 0.319 e. The summed E-state index contributed by atoms with van der Waals surface area (Å²) in [6.07, 6.45) is 0. The maximum atomic E-state index is 11.7. The van der Waals surface area contributed by atoms with Crippen LogP contribution >= 0.6 is 0 Å². The fraction of sp³-hybridized carbons (Fsp3) is 0.500. The number of benzene rings is 1. The molecular formula is C12H20N2O2S. The van der Waals surface area contributed by atoms with E-state index in [9.17, 15) is 8.42 Å². The minimum atomic E-state index is -3.21. The Hall–Kier alpha value is -0.910. The maximum Gasteiger partial charge on any atom is 0.213 e. The Bertz CT molecular complexity index is 440. The Kier molecular flexibility index (Phi) is 5.11. The van der Waals surface area contributed by atoms with Crippen molar-refractivity contribution in [2.75, 3.05) is 19.3 Å². The van der Waals surface area contributed by atoms with Crippen LogP contribution in [0, 0.1) is 6.92 Å². The van der Waals surface area contributed by atoms with E-state index in [0.717, 1.165) is 5.56 Å². The van der Waals surface area contributed by atoms with E-state index in [0.29, 0.717) is 6.54 Å². The van der Waals surface area contributed by atoms with Crippen molar-refractivity contribution in [3.63, 3.8) is 0 Å². The lowest BCUT2D eigenvalue weighted by Crippen LogP contribution is -2.32. The van der Waals surface area contributed by atoms with Gasteiger partial charge in [-0.25, -0.2) is 13.1 Å². The van der Waals surface area contributed by atoms with Gasteiger partial charge in [-0.05, 0) is 26.5 Å². The lowest BCUT2D eigenvalue weighted by molar-refractivity contribution is 0.565. The van der Waals surface area contributed by atoms with Gasteiger partial charge in [0.05, 0.1) is 5.75 Å². The van der Waals surface area contributed by atoms with Crippen LogP contribution in [-0.4, -0.2) is 27.8 Å². The number of aryl methyl sites for hydroxylation is 1. The Morgan fingerprint density at radius 2 is 1.82 bits per heavy atom. The monoisotopic (exact) mass is 256 g/mol. The van der Waals surface area contributed by atoms with Crippen LogP contribution in [0.25, 0.3) is 0 Å². The second-order valence-electron chi connectivity index (χ2n) is 4.17. The van der Waals surface area contributed by atoms with Gasteiger partial charge >= 0.3 is 0 Å². The minimum absolute atomic E-state index is 0.0969. The van der Waals surface area contributed by atoms with Crippen molar-refractivity contribution in [1.82, 2.24) is 10.0 Å². The molecule has 0 saturated heterocycles. The predicted octanol–water partition coefficient (Wildman–Crippen LogP) is 1.19. The number of rotatable bonds is 6. The molecule has 0 aliphatic rings. The van der Waals surface area contributed by atoms with Crippen molar-refractivity contribution >= 4 is 10.0 Å². The van der Waals surface area contributed by atoms with Gasteiger partial charge in [-0.1, -0.05) is 29.8 Å². The van der Waals surface area contributed by atoms with Gasteiger partial charge in [0, 0.05) is 12.6 Å². The van der Waals surface area contributed by atoms with E-state index in [1.54, 1.807) is 7.05 Å². The molecule has 5 heteroatoms. The summed E-state index contributed by atoms with van der Waals surface area (Å²) in [4.78, 5) is 0. The number of nitrogens with one attached hydrogen (secondary N) is 2. The molecule has 1 rings (SSSR count). The van der Waals surface area contributed by atoms with Crippen LogP contribution in [0.1, 0.15) is 24.1 Å². The first kappa shape index (κ1) is 14.2. The van der Waals surface area contributed by atoms with E-state index in [4.69, 9.17) is 0 Å². The topological polar surface area (TPSA) is 58.2 Å². The highest BCUT2D eigenvalue weighted by molar-refractivity contribution is 7.89. The molecule has 0 spiro atoms. The fourth-order valence-electron chi connectivity index (χ4n) is 1.49. The molecule has 0 aromatic heterocycles. The van der Waals surface area contributed by atoms with Gasteiger partial charge in [-0.2, -0.15) is 0 Å². The quantitative estimate of drug-likeness (QED) is 0.804. The Morgan fingerprint density at radius 3 is 2.35 bits per heavy atom. The van der Waals surface area contributed by atoms with Crippen molar-refractivity contribution in [3.05, 3.63) is 35.4 Å². The first-order valence-corrected chi connectivity index (χ1v) is 7.31. The zero-order chi connectivity index (χ0) is 12.9. The van der Waals surface area contributed by atoms with Crippen LogP contribution in [0.4, 0.5) is 0 Å². The van der Waals surface area contributed by atoms with Crippen LogP contribution in [0.15, 0.2) is 24.3 Å². The Morgan fingerprint density at radius 1 is 1.24 bits per heavy atom. The smallest absolute Gasteiger partial charge is 0.213 e. The van der Waals surface area contributed by atoms with Crippen LogP contribution in [0.3, 0.4) is 0 Å². The highest BCUT2D eigenvalue weighted by Gasteiger charge is 2.14. The fourth-order valence-corrected chi connectivity index (χ4v) is 2.75. The number of sulfonamides is 1. The number of hydrogen-bond donors (Lipinski definition) is 2. The maximum absolute atomic E-state index is 11.7. The molecule has 4 nitrogen and oxygen atoms in total. The molecule has 2 N–H and O–H groups in total. The molecule has 1 aromatic rings. The SMILES string of the molecule is CNCCS(=O)(=O)NC(C)c1ccc(C)cc1. The highest BCUT2D eigenvalue weighted by Crippen LogP contribution is 2.13. The Balaban J connectivity index is 2.65. The zero-order valence-corrected chi connectivity index (χ0v) is 11.3. The molecule has 0 bridgehead atoms. The van der Waals surface area contributed by atoms with Gasteiger partial charge in [0.2, 0.25) is 10.0 Å². The van der Waals surface area contributed by atoms with Gasteiger partial charge in [-0.15, -0.1) is 0 Å². The van der Waals surface area contributed by atoms with Crippen LogP contribution in [0.2, 0.25) is 0 Å². The van der Waals surface area contributed by atoms with Crippen LogP contribution in [-0.2, 0) is 10.0 Å². The van der Waals surface area contributed by atoms with Gasteiger partial charge in [-0.3, -0.25) is 0 Å². The van der Waals surface area contributed by atoms with E-state index in [1.807, 2.05) is 38.1 Å². The van der Waals surface area contributed by atoms with Crippen molar-refractivity contribution in [2.45, 2.75) is 19.9 Å². The average Bonchev–Trinajstić information content (AvgIpc) is 2.26. The van der Waals surface area contributed by atoms with Crippen molar-refractivity contribution < 1.29 is 8.42 Å². The van der Waals surface area contributed by atoms with E-state index in [-0.39, 0.29) is 11.8 Å². The summed E-state index contributed by atoms with van der Waals surface area (Å²) in [5.74, 6) is 0.0969. The van der Waals surface area contributed by atoms with E-state index < -0.39 is 10.0 Å². The summed E-state index contributed by atoms with van der Waals surface area (Å²) in [7, 11) is -1.48. The van der Waals surface area contributed by atoms with Gasteiger partial charge < -0.3 is 5.32 Å². The molecule has 0 amide bonds. The standard InChI is InChI=1S/C12H20N2O2S/c1-10-4-6-12(7-5-10)11(2)14-17(15,16)9-8-13-3/h4-7,11,13-14H,8-9H2,1-3H3. The molecule has 1 atom stereocenters. The third kappa shape index (κ3) is 4.85. The second-order valence-corrected chi connectivity index (χ2v) is 6.05. The van der Waals surface area contributed by atoms with E-state index in [1.165, 1.54) is 5.56 Å². The predicted molar refractivity (Wildman–Crippen MR) is 70.4 cm³/mol. The first-order valence-electron chi connectivity index (χ1n) is 5.66. The summed E-state index contributed by atoms with van der Waals surface area (Å²) in [6.45, 7) is 4.31. The molecule has 17 heavy (non-hydrogen) atoms. The number of hydrogen-bond acceptors (Lipinski definition) is 3. The molecule has 0 aliphatic heterocycles. The molecule has 0 saturated carbocycles. The summed E-state index contributed by atoms with van der Waals surface area (Å²) in [5, 5.41) is 2.83. The van der Waals surface area contributed by atoms with Crippen molar-refractivity contribution in [1.29, 1.82) is 0 Å². The molecule has 0 fully saturated rings. The molecular weight excluding hydrogens is 236 g/mol. The van der Waals surface area contributed by atoms with Crippen molar-refractivity contribution in [2.24, 2.45) is 0 Å². The summed E-state index contributed by atoms with van der Waals surface area (Å²) >= 11 is 0. The van der Waals surface area contributed by atoms with Crippen LogP contribution in [0.5, 0.6) is 0 Å². The molecule has 1 unspecified atom stereocenters. The molecule has 96 valence electrons. The van der Waals surface area contributed by atoms with Gasteiger partial charge in [0.25, 0.3) is 0 Å². The first-order chi connectivity index (χ1) is 7.94. The van der Waals surface area contributed by atoms with Gasteiger partial charge in [0.1, 0.15) is 0 Å². The highest BCUT2D eigenvalue weighted by atomic mass is 32.2. The normalized spacial score (nSPS) is 13.6. The van der Waals surface area contributed by atoms with Crippen molar-refractivity contribution in [3.8, 4) is 0 Å². The summed E-state index contributed by atoms with van der Waals surface area (Å²) in [5.41, 5.74) is 2.14. The van der Waals surface area contributed by atoms with E-state index in [2.05, 4.69) is 10.0 Å². The summed E-state index contributed by atoms with van der Waals surface area (Å²) < 4.78 is 26.0. The molecule has 0 radical (unpaired) electrons. The molecule has 0 heterocycles. The molecule has 1 aromatic carbocycles. The lowest BCUT2D eigenvalue weighted by atomic mass is 10.1. The Labute approximate surface area is 103 Å². The lowest BCUT2D eigenvalue weighted by Gasteiger charge is -2.14. The third-order valence-electron chi connectivity index (χ3n) is 2.55. The second kappa shape index (κ2) is 6.14. The minimum Gasteiger partial charge on any atom is -0.319 e. The van der Waals surface area contributed by atoms with Gasteiger partial charge in [0.15, 0.2) is 0 Å².